The number of piperazine rings is 1. The van der Waals surface area contributed by atoms with Crippen molar-refractivity contribution in [2.24, 2.45) is 0 Å². The van der Waals surface area contributed by atoms with E-state index in [1.165, 1.54) is 23.5 Å². The molecule has 0 unspecified atom stereocenters. The third-order valence-electron chi connectivity index (χ3n) is 4.52. The Morgan fingerprint density at radius 1 is 1.00 bits per heavy atom. The summed E-state index contributed by atoms with van der Waals surface area (Å²) in [7, 11) is 0. The predicted molar refractivity (Wildman–Crippen MR) is 98.0 cm³/mol. The molecule has 128 valence electrons. The summed E-state index contributed by atoms with van der Waals surface area (Å²) in [4.78, 5) is 17.1. The van der Waals surface area contributed by atoms with Gasteiger partial charge in [0.05, 0.1) is 0 Å². The third-order valence-corrected chi connectivity index (χ3v) is 5.67. The van der Waals surface area contributed by atoms with Crippen molar-refractivity contribution in [1.29, 1.82) is 0 Å². The molecule has 1 saturated heterocycles. The van der Waals surface area contributed by atoms with Crippen LogP contribution in [-0.4, -0.2) is 42.1 Å². The highest BCUT2D eigenvalue weighted by molar-refractivity contribution is 7.21. The highest BCUT2D eigenvalue weighted by Crippen LogP contribution is 2.37. The van der Waals surface area contributed by atoms with Gasteiger partial charge in [0, 0.05) is 42.0 Å². The molecule has 1 N–H and O–H groups in total. The van der Waals surface area contributed by atoms with Gasteiger partial charge in [-0.05, 0) is 36.4 Å². The molecule has 2 heterocycles. The van der Waals surface area contributed by atoms with Crippen molar-refractivity contribution in [2.45, 2.75) is 0 Å². The van der Waals surface area contributed by atoms with Crippen LogP contribution in [0.2, 0.25) is 0 Å². The first-order valence-electron chi connectivity index (χ1n) is 8.14. The number of hydrogen-bond acceptors (Lipinski definition) is 4. The third kappa shape index (κ3) is 2.93. The number of fused-ring (bicyclic) bond motifs is 1. The van der Waals surface area contributed by atoms with Crippen molar-refractivity contribution in [2.75, 3.05) is 31.1 Å². The summed E-state index contributed by atoms with van der Waals surface area (Å²) in [5.41, 5.74) is 0.957. The fourth-order valence-corrected chi connectivity index (χ4v) is 4.20. The molecule has 0 bridgehead atoms. The van der Waals surface area contributed by atoms with Crippen LogP contribution in [0, 0.1) is 5.82 Å². The predicted octanol–water partition coefficient (Wildman–Crippen LogP) is 3.71. The number of amides is 1. The van der Waals surface area contributed by atoms with Gasteiger partial charge >= 0.3 is 0 Å². The first-order chi connectivity index (χ1) is 12.1. The maximum Gasteiger partial charge on any atom is 0.267 e. The quantitative estimate of drug-likeness (QED) is 0.761. The summed E-state index contributed by atoms with van der Waals surface area (Å²) in [5, 5.41) is 11.1. The van der Waals surface area contributed by atoms with Gasteiger partial charge in [0.25, 0.3) is 5.91 Å². The van der Waals surface area contributed by atoms with Crippen LogP contribution < -0.4 is 4.90 Å². The SMILES string of the molecule is O=C(c1sc2ccccc2c1O)N1CCN(c2ccc(F)cc2)CC1. The van der Waals surface area contributed by atoms with Gasteiger partial charge in [-0.15, -0.1) is 11.3 Å². The molecule has 0 radical (unpaired) electrons. The number of rotatable bonds is 2. The van der Waals surface area contributed by atoms with Crippen LogP contribution in [0.3, 0.4) is 0 Å². The van der Waals surface area contributed by atoms with E-state index in [9.17, 15) is 14.3 Å². The lowest BCUT2D eigenvalue weighted by atomic mass is 10.2. The zero-order valence-corrected chi connectivity index (χ0v) is 14.3. The smallest absolute Gasteiger partial charge is 0.267 e. The Morgan fingerprint density at radius 2 is 1.68 bits per heavy atom. The monoisotopic (exact) mass is 356 g/mol. The average Bonchev–Trinajstić information content (AvgIpc) is 2.99. The zero-order chi connectivity index (χ0) is 17.4. The van der Waals surface area contributed by atoms with Crippen LogP contribution >= 0.6 is 11.3 Å². The minimum atomic E-state index is -0.252. The molecule has 1 aliphatic heterocycles. The number of carbonyl (C=O) groups is 1. The Balaban J connectivity index is 1.49. The summed E-state index contributed by atoms with van der Waals surface area (Å²) >= 11 is 1.33. The lowest BCUT2D eigenvalue weighted by Crippen LogP contribution is -2.48. The van der Waals surface area contributed by atoms with E-state index in [4.69, 9.17) is 0 Å². The van der Waals surface area contributed by atoms with Crippen LogP contribution in [0.1, 0.15) is 9.67 Å². The normalized spacial score (nSPS) is 14.9. The maximum absolute atomic E-state index is 13.0. The number of anilines is 1. The molecule has 3 aromatic rings. The lowest BCUT2D eigenvalue weighted by Gasteiger charge is -2.36. The highest BCUT2D eigenvalue weighted by Gasteiger charge is 2.26. The van der Waals surface area contributed by atoms with E-state index < -0.39 is 0 Å². The minimum Gasteiger partial charge on any atom is -0.506 e. The molecule has 0 saturated carbocycles. The topological polar surface area (TPSA) is 43.8 Å². The molecule has 1 fully saturated rings. The molecule has 4 rings (SSSR count). The second-order valence-electron chi connectivity index (χ2n) is 6.03. The largest absolute Gasteiger partial charge is 0.506 e. The molecule has 2 aromatic carbocycles. The molecule has 1 aliphatic rings. The summed E-state index contributed by atoms with van der Waals surface area (Å²) in [6.45, 7) is 2.51. The molecule has 1 aromatic heterocycles. The van der Waals surface area contributed by atoms with Crippen molar-refractivity contribution in [3.63, 3.8) is 0 Å². The van der Waals surface area contributed by atoms with Crippen LogP contribution in [0.4, 0.5) is 10.1 Å². The number of nitrogens with zero attached hydrogens (tertiary/aromatic N) is 2. The molecule has 25 heavy (non-hydrogen) atoms. The first-order valence-corrected chi connectivity index (χ1v) is 8.95. The van der Waals surface area contributed by atoms with Gasteiger partial charge < -0.3 is 14.9 Å². The minimum absolute atomic E-state index is 0.0755. The molecule has 0 aliphatic carbocycles. The van der Waals surface area contributed by atoms with E-state index in [-0.39, 0.29) is 17.5 Å². The van der Waals surface area contributed by atoms with E-state index in [0.717, 1.165) is 15.8 Å². The summed E-state index contributed by atoms with van der Waals surface area (Å²) in [6.07, 6.45) is 0. The van der Waals surface area contributed by atoms with Gasteiger partial charge in [0.2, 0.25) is 0 Å². The maximum atomic E-state index is 13.0. The number of benzene rings is 2. The fraction of sp³-hybridized carbons (Fsp3) is 0.211. The number of aromatic hydroxyl groups is 1. The van der Waals surface area contributed by atoms with E-state index >= 15 is 0 Å². The van der Waals surface area contributed by atoms with Gasteiger partial charge in [-0.3, -0.25) is 4.79 Å². The van der Waals surface area contributed by atoms with Crippen LogP contribution in [0.15, 0.2) is 48.5 Å². The average molecular weight is 356 g/mol. The number of carbonyl (C=O) groups excluding carboxylic acids is 1. The van der Waals surface area contributed by atoms with Gasteiger partial charge in [0.1, 0.15) is 16.4 Å². The van der Waals surface area contributed by atoms with Crippen molar-refractivity contribution in [3.8, 4) is 5.75 Å². The molecule has 1 amide bonds. The van der Waals surface area contributed by atoms with E-state index in [1.54, 1.807) is 17.0 Å². The Bertz CT molecular complexity index is 915. The molecule has 0 atom stereocenters. The standard InChI is InChI=1S/C19H17FN2O2S/c20-13-5-7-14(8-6-13)21-9-11-22(12-10-21)19(24)18-17(23)15-3-1-2-4-16(15)25-18/h1-8,23H,9-12H2. The number of hydrogen-bond donors (Lipinski definition) is 1. The van der Waals surface area contributed by atoms with Gasteiger partial charge in [0.15, 0.2) is 0 Å². The van der Waals surface area contributed by atoms with Gasteiger partial charge in [-0.2, -0.15) is 0 Å². The van der Waals surface area contributed by atoms with Crippen LogP contribution in [0.5, 0.6) is 5.75 Å². The molecule has 4 nitrogen and oxygen atoms in total. The van der Waals surface area contributed by atoms with E-state index in [0.29, 0.717) is 31.1 Å². The van der Waals surface area contributed by atoms with E-state index in [1.807, 2.05) is 24.3 Å². The van der Waals surface area contributed by atoms with Crippen LogP contribution in [-0.2, 0) is 0 Å². The Hall–Kier alpha value is -2.60. The zero-order valence-electron chi connectivity index (χ0n) is 13.5. The Kier molecular flexibility index (Phi) is 4.05. The van der Waals surface area contributed by atoms with Crippen molar-refractivity contribution in [1.82, 2.24) is 4.90 Å². The number of halogens is 1. The van der Waals surface area contributed by atoms with E-state index in [2.05, 4.69) is 4.90 Å². The fourth-order valence-electron chi connectivity index (χ4n) is 3.14. The lowest BCUT2D eigenvalue weighted by molar-refractivity contribution is 0.0749. The second kappa shape index (κ2) is 6.37. The van der Waals surface area contributed by atoms with Crippen molar-refractivity contribution in [3.05, 3.63) is 59.2 Å². The van der Waals surface area contributed by atoms with Crippen LogP contribution in [0.25, 0.3) is 10.1 Å². The summed E-state index contributed by atoms with van der Waals surface area (Å²) in [6, 6.07) is 13.9. The summed E-state index contributed by atoms with van der Waals surface area (Å²) in [5.74, 6) is -0.304. The molecular formula is C19H17FN2O2S. The van der Waals surface area contributed by atoms with Crippen molar-refractivity contribution < 1.29 is 14.3 Å². The second-order valence-corrected chi connectivity index (χ2v) is 7.08. The number of thiophene rings is 1. The molecular weight excluding hydrogens is 339 g/mol. The Labute approximate surface area is 148 Å². The van der Waals surface area contributed by atoms with Gasteiger partial charge in [-0.25, -0.2) is 4.39 Å². The summed E-state index contributed by atoms with van der Waals surface area (Å²) < 4.78 is 14.0. The first kappa shape index (κ1) is 15.9. The van der Waals surface area contributed by atoms with Gasteiger partial charge in [-0.1, -0.05) is 12.1 Å². The molecule has 6 heteroatoms. The molecule has 0 spiro atoms. The van der Waals surface area contributed by atoms with Crippen molar-refractivity contribution >= 4 is 33.0 Å². The highest BCUT2D eigenvalue weighted by atomic mass is 32.1. The Morgan fingerprint density at radius 3 is 2.36 bits per heavy atom.